The van der Waals surface area contributed by atoms with E-state index in [9.17, 15) is 9.59 Å². The Morgan fingerprint density at radius 3 is 2.58 bits per heavy atom. The molecule has 1 atom stereocenters. The molecule has 0 radical (unpaired) electrons. The van der Waals surface area contributed by atoms with Crippen molar-refractivity contribution in [1.29, 1.82) is 0 Å². The zero-order valence-corrected chi connectivity index (χ0v) is 14.3. The molecule has 26 heavy (non-hydrogen) atoms. The Labute approximate surface area is 151 Å². The molecule has 1 N–H and O–H groups in total. The number of rotatable bonds is 2. The van der Waals surface area contributed by atoms with Crippen LogP contribution in [0.2, 0.25) is 0 Å². The van der Waals surface area contributed by atoms with Gasteiger partial charge in [-0.05, 0) is 30.2 Å². The number of para-hydroxylation sites is 2. The van der Waals surface area contributed by atoms with Gasteiger partial charge in [0.15, 0.2) is 0 Å². The van der Waals surface area contributed by atoms with Crippen LogP contribution in [0.4, 0.5) is 5.69 Å². The zero-order chi connectivity index (χ0) is 17.7. The number of aromatic amines is 1. The van der Waals surface area contributed by atoms with E-state index in [1.807, 2.05) is 36.4 Å². The van der Waals surface area contributed by atoms with Crippen LogP contribution in [-0.2, 0) is 22.6 Å². The van der Waals surface area contributed by atoms with Crippen molar-refractivity contribution in [2.24, 2.45) is 0 Å². The summed E-state index contributed by atoms with van der Waals surface area (Å²) in [6, 6.07) is 17.1. The van der Waals surface area contributed by atoms with E-state index in [1.165, 1.54) is 15.8 Å². The maximum Gasteiger partial charge on any atom is 0.251 e. The Hall–Kier alpha value is -2.92. The molecule has 2 aliphatic rings. The number of benzene rings is 2. The Balaban J connectivity index is 1.43. The van der Waals surface area contributed by atoms with Gasteiger partial charge in [0.25, 0.3) is 5.91 Å². The Morgan fingerprint density at radius 1 is 0.962 bits per heavy atom. The van der Waals surface area contributed by atoms with Crippen molar-refractivity contribution >= 4 is 28.4 Å². The van der Waals surface area contributed by atoms with Crippen LogP contribution in [0.15, 0.2) is 54.6 Å². The first-order chi connectivity index (χ1) is 12.7. The van der Waals surface area contributed by atoms with Crippen LogP contribution >= 0.6 is 0 Å². The van der Waals surface area contributed by atoms with Crippen molar-refractivity contribution in [2.45, 2.75) is 25.4 Å². The summed E-state index contributed by atoms with van der Waals surface area (Å²) in [6.45, 7) is 1.47. The number of carbonyl (C=O) groups excluding carboxylic acids is 2. The normalized spacial score (nSPS) is 20.8. The molecule has 0 saturated carbocycles. The molecule has 2 aromatic carbocycles. The Bertz CT molecular complexity index is 1010. The van der Waals surface area contributed by atoms with E-state index in [-0.39, 0.29) is 24.3 Å². The highest BCUT2D eigenvalue weighted by Crippen LogP contribution is 2.31. The van der Waals surface area contributed by atoms with Gasteiger partial charge in [0.05, 0.1) is 18.2 Å². The van der Waals surface area contributed by atoms with Gasteiger partial charge < -0.3 is 4.98 Å². The van der Waals surface area contributed by atoms with Gasteiger partial charge in [0.1, 0.15) is 0 Å². The van der Waals surface area contributed by atoms with Crippen molar-refractivity contribution in [3.63, 3.8) is 0 Å². The second-order valence-corrected chi connectivity index (χ2v) is 6.97. The minimum atomic E-state index is -0.373. The molecule has 0 unspecified atom stereocenters. The molecule has 0 spiro atoms. The summed E-state index contributed by atoms with van der Waals surface area (Å²) in [5.74, 6) is -0.227. The number of hydrogen-bond acceptors (Lipinski definition) is 3. The first-order valence-electron chi connectivity index (χ1n) is 8.97. The van der Waals surface area contributed by atoms with Crippen molar-refractivity contribution in [3.8, 4) is 0 Å². The molecule has 1 fully saturated rings. The van der Waals surface area contributed by atoms with Gasteiger partial charge >= 0.3 is 0 Å². The molecule has 1 saturated heterocycles. The number of fused-ring (bicyclic) bond motifs is 3. The summed E-state index contributed by atoms with van der Waals surface area (Å²) < 4.78 is 0. The van der Waals surface area contributed by atoms with Gasteiger partial charge in [-0.25, -0.2) is 4.90 Å². The van der Waals surface area contributed by atoms with E-state index in [4.69, 9.17) is 0 Å². The summed E-state index contributed by atoms with van der Waals surface area (Å²) in [5.41, 5.74) is 4.30. The number of hydrogen-bond donors (Lipinski definition) is 1. The zero-order valence-electron chi connectivity index (χ0n) is 14.3. The maximum atomic E-state index is 13.0. The molecule has 3 heterocycles. The number of carbonyl (C=O) groups is 2. The molecule has 5 heteroatoms. The first-order valence-corrected chi connectivity index (χ1v) is 8.97. The fraction of sp³-hybridized carbons (Fsp3) is 0.238. The third-order valence-electron chi connectivity index (χ3n) is 5.49. The van der Waals surface area contributed by atoms with E-state index in [1.54, 1.807) is 0 Å². The third-order valence-corrected chi connectivity index (χ3v) is 5.49. The van der Waals surface area contributed by atoms with E-state index in [0.717, 1.165) is 24.2 Å². The number of anilines is 1. The van der Waals surface area contributed by atoms with E-state index in [2.05, 4.69) is 28.1 Å². The molecule has 130 valence electrons. The maximum absolute atomic E-state index is 13.0. The average Bonchev–Trinajstić information content (AvgIpc) is 3.18. The van der Waals surface area contributed by atoms with Gasteiger partial charge in [-0.1, -0.05) is 36.4 Å². The minimum Gasteiger partial charge on any atom is -0.357 e. The lowest BCUT2D eigenvalue weighted by Crippen LogP contribution is -2.44. The summed E-state index contributed by atoms with van der Waals surface area (Å²) in [5, 5.41) is 1.27. The van der Waals surface area contributed by atoms with E-state index >= 15 is 0 Å². The van der Waals surface area contributed by atoms with Crippen LogP contribution in [0.1, 0.15) is 17.7 Å². The van der Waals surface area contributed by atoms with Gasteiger partial charge in [0, 0.05) is 29.7 Å². The molecule has 0 bridgehead atoms. The molecule has 2 amide bonds. The highest BCUT2D eigenvalue weighted by molar-refractivity contribution is 6.22. The monoisotopic (exact) mass is 345 g/mol. The van der Waals surface area contributed by atoms with Crippen LogP contribution < -0.4 is 4.90 Å². The smallest absolute Gasteiger partial charge is 0.251 e. The quantitative estimate of drug-likeness (QED) is 0.727. The number of aromatic nitrogens is 1. The van der Waals surface area contributed by atoms with Gasteiger partial charge in [0.2, 0.25) is 5.91 Å². The SMILES string of the molecule is O=C1C[C@H](N2CCc3c([nH]c4ccccc34)C2)C(=O)N1c1ccccc1. The lowest BCUT2D eigenvalue weighted by Gasteiger charge is -2.30. The number of H-pyrrole nitrogens is 1. The average molecular weight is 345 g/mol. The molecule has 1 aromatic heterocycles. The van der Waals surface area contributed by atoms with Crippen molar-refractivity contribution in [2.75, 3.05) is 11.4 Å². The Kier molecular flexibility index (Phi) is 3.43. The highest BCUT2D eigenvalue weighted by atomic mass is 16.2. The van der Waals surface area contributed by atoms with Crippen LogP contribution in [0.5, 0.6) is 0 Å². The summed E-state index contributed by atoms with van der Waals surface area (Å²) in [4.78, 5) is 32.4. The van der Waals surface area contributed by atoms with Crippen LogP contribution in [0.3, 0.4) is 0 Å². The molecule has 5 rings (SSSR count). The predicted octanol–water partition coefficient (Wildman–Crippen LogP) is 2.86. The molecule has 5 nitrogen and oxygen atoms in total. The van der Waals surface area contributed by atoms with Gasteiger partial charge in [-0.3, -0.25) is 14.5 Å². The first kappa shape index (κ1) is 15.3. The highest BCUT2D eigenvalue weighted by Gasteiger charge is 2.43. The van der Waals surface area contributed by atoms with Crippen LogP contribution in [-0.4, -0.2) is 34.3 Å². The van der Waals surface area contributed by atoms with Gasteiger partial charge in [-0.2, -0.15) is 0 Å². The van der Waals surface area contributed by atoms with Gasteiger partial charge in [-0.15, -0.1) is 0 Å². The minimum absolute atomic E-state index is 0.110. The third kappa shape index (κ3) is 2.28. The summed E-state index contributed by atoms with van der Waals surface area (Å²) in [6.07, 6.45) is 1.14. The van der Waals surface area contributed by atoms with E-state index in [0.29, 0.717) is 12.2 Å². The predicted molar refractivity (Wildman–Crippen MR) is 99.8 cm³/mol. The van der Waals surface area contributed by atoms with Crippen LogP contribution in [0.25, 0.3) is 10.9 Å². The number of imide groups is 1. The second-order valence-electron chi connectivity index (χ2n) is 6.97. The largest absolute Gasteiger partial charge is 0.357 e. The summed E-state index contributed by atoms with van der Waals surface area (Å²) in [7, 11) is 0. The lowest BCUT2D eigenvalue weighted by atomic mass is 10.0. The fourth-order valence-electron chi connectivity index (χ4n) is 4.23. The van der Waals surface area contributed by atoms with Crippen molar-refractivity contribution in [1.82, 2.24) is 9.88 Å². The molecule has 2 aliphatic heterocycles. The number of amides is 2. The topological polar surface area (TPSA) is 56.4 Å². The van der Waals surface area contributed by atoms with Crippen molar-refractivity contribution in [3.05, 3.63) is 65.9 Å². The fourth-order valence-corrected chi connectivity index (χ4v) is 4.23. The second kappa shape index (κ2) is 5.81. The molecular formula is C21H19N3O2. The Morgan fingerprint density at radius 2 is 1.73 bits per heavy atom. The molecule has 0 aliphatic carbocycles. The number of nitrogens with zero attached hydrogens (tertiary/aromatic N) is 2. The molecular weight excluding hydrogens is 326 g/mol. The van der Waals surface area contributed by atoms with Crippen LogP contribution in [0, 0.1) is 0 Å². The molecule has 3 aromatic rings. The summed E-state index contributed by atoms with van der Waals surface area (Å²) >= 11 is 0. The van der Waals surface area contributed by atoms with Crippen molar-refractivity contribution < 1.29 is 9.59 Å². The lowest BCUT2D eigenvalue weighted by molar-refractivity contribution is -0.123. The van der Waals surface area contributed by atoms with E-state index < -0.39 is 0 Å². The standard InChI is InChI=1S/C21H19N3O2/c25-20-12-19(21(26)24(20)14-6-2-1-3-7-14)23-11-10-16-15-8-4-5-9-17(15)22-18(16)13-23/h1-9,19,22H,10-13H2/t19-/m0/s1. The number of nitrogens with one attached hydrogen (secondary N) is 1.